The topological polar surface area (TPSA) is 153 Å². The number of thiophene rings is 1. The third kappa shape index (κ3) is 12.4. The molecule has 0 fully saturated rings. The summed E-state index contributed by atoms with van der Waals surface area (Å²) in [6, 6.07) is 26.3. The fraction of sp³-hybridized carbons (Fsp3) is 0.264. The SMILES string of the molecule is C=CCOCC(COS(=O)(=O)c1ccc(C)cc1)Oc1c(Cl)c(C)c(-c2c(-c3ccc(F)cc3)sc3ncnc(OC(Cc4cc(O)ccc4OCc4ccccc4)C(=O)OC(C)(C)C)c23)c(C)c1Cl. The molecule has 5 aromatic carbocycles. The van der Waals surface area contributed by atoms with Crippen molar-refractivity contribution in [1.82, 2.24) is 9.97 Å². The Morgan fingerprint density at radius 2 is 1.57 bits per heavy atom. The highest BCUT2D eigenvalue weighted by Crippen LogP contribution is 2.53. The Kier molecular flexibility index (Phi) is 16.5. The number of phenols is 1. The van der Waals surface area contributed by atoms with Crippen molar-refractivity contribution in [3.05, 3.63) is 160 Å². The molecule has 0 amide bonds. The van der Waals surface area contributed by atoms with E-state index in [0.29, 0.717) is 54.2 Å². The number of hydrogen-bond donors (Lipinski definition) is 1. The molecule has 0 aliphatic rings. The molecule has 0 aliphatic heterocycles. The van der Waals surface area contributed by atoms with Crippen LogP contribution in [-0.2, 0) is 41.6 Å². The van der Waals surface area contributed by atoms with E-state index in [1.54, 1.807) is 65.0 Å². The van der Waals surface area contributed by atoms with Gasteiger partial charge < -0.3 is 28.8 Å². The van der Waals surface area contributed by atoms with Gasteiger partial charge in [0, 0.05) is 22.4 Å². The molecular formula is C53H51Cl2FN2O10S2. The van der Waals surface area contributed by atoms with Crippen LogP contribution in [0.1, 0.15) is 48.6 Å². The van der Waals surface area contributed by atoms with Crippen LogP contribution in [0, 0.1) is 26.6 Å². The predicted molar refractivity (Wildman–Crippen MR) is 270 cm³/mol. The van der Waals surface area contributed by atoms with Gasteiger partial charge in [-0.15, -0.1) is 17.9 Å². The summed E-state index contributed by atoms with van der Waals surface area (Å²) >= 11 is 15.8. The van der Waals surface area contributed by atoms with Crippen LogP contribution < -0.4 is 14.2 Å². The fourth-order valence-corrected chi connectivity index (χ4v) is 10.0. The summed E-state index contributed by atoms with van der Waals surface area (Å²) in [7, 11) is -4.20. The number of esters is 1. The highest BCUT2D eigenvalue weighted by Gasteiger charge is 2.33. The maximum atomic E-state index is 14.5. The molecule has 0 spiro atoms. The summed E-state index contributed by atoms with van der Waals surface area (Å²) in [6.45, 7) is 14.1. The summed E-state index contributed by atoms with van der Waals surface area (Å²) in [5.41, 5.74) is 3.96. The molecule has 2 heterocycles. The Morgan fingerprint density at radius 1 is 0.886 bits per heavy atom. The molecule has 0 saturated heterocycles. The summed E-state index contributed by atoms with van der Waals surface area (Å²) < 4.78 is 77.4. The lowest BCUT2D eigenvalue weighted by atomic mass is 9.92. The molecule has 0 saturated carbocycles. The van der Waals surface area contributed by atoms with Crippen LogP contribution in [0.5, 0.6) is 23.1 Å². The lowest BCUT2D eigenvalue weighted by Crippen LogP contribution is -2.37. The second-order valence-electron chi connectivity index (χ2n) is 17.3. The number of ether oxygens (including phenoxy) is 5. The number of carbonyl (C=O) groups excluding carboxylic acids is 1. The van der Waals surface area contributed by atoms with E-state index in [4.69, 9.17) is 51.1 Å². The monoisotopic (exact) mass is 1030 g/mol. The van der Waals surface area contributed by atoms with Gasteiger partial charge in [0.25, 0.3) is 10.1 Å². The summed E-state index contributed by atoms with van der Waals surface area (Å²) in [5, 5.41) is 11.2. The quantitative estimate of drug-likeness (QED) is 0.0335. The standard InChI is InChI=1S/C53H51Cl2FN2O10S2/c1-8-24-63-28-39(29-65-70(61,62)40-21-14-31(2)15-22-40)66-48-46(54)32(3)43(33(4)47(48)55)44-45-50(57-30-58-51(45)69-49(44)35-16-18-37(56)19-17-35)67-42(52(60)68-53(5,6)7)26-36-25-38(59)20-23-41(36)64-27-34-12-10-9-11-13-34/h8-23,25,30,39,42,59H,1,24,26-29H2,2-7H3. The van der Waals surface area contributed by atoms with Crippen molar-refractivity contribution in [2.75, 3.05) is 19.8 Å². The second-order valence-corrected chi connectivity index (χ2v) is 20.7. The minimum Gasteiger partial charge on any atom is -0.508 e. The highest BCUT2D eigenvalue weighted by atomic mass is 35.5. The lowest BCUT2D eigenvalue weighted by molar-refractivity contribution is -0.163. The average Bonchev–Trinajstić information content (AvgIpc) is 3.71. The van der Waals surface area contributed by atoms with Crippen molar-refractivity contribution in [3.8, 4) is 44.7 Å². The molecule has 1 N–H and O–H groups in total. The van der Waals surface area contributed by atoms with Crippen molar-refractivity contribution in [3.63, 3.8) is 0 Å². The lowest BCUT2D eigenvalue weighted by Gasteiger charge is -2.25. The maximum absolute atomic E-state index is 14.5. The van der Waals surface area contributed by atoms with Crippen LogP contribution in [0.15, 0.2) is 121 Å². The number of rotatable bonds is 20. The largest absolute Gasteiger partial charge is 0.508 e. The molecule has 2 aromatic heterocycles. The van der Waals surface area contributed by atoms with Gasteiger partial charge in [-0.1, -0.05) is 89.4 Å². The van der Waals surface area contributed by atoms with Gasteiger partial charge >= 0.3 is 5.97 Å². The number of halogens is 3. The van der Waals surface area contributed by atoms with E-state index in [-0.39, 0.29) is 58.6 Å². The van der Waals surface area contributed by atoms with Crippen molar-refractivity contribution >= 4 is 60.8 Å². The Bertz CT molecular complexity index is 3080. The molecule has 17 heteroatoms. The first-order chi connectivity index (χ1) is 33.3. The van der Waals surface area contributed by atoms with Gasteiger partial charge in [-0.2, -0.15) is 8.42 Å². The van der Waals surface area contributed by atoms with Gasteiger partial charge in [-0.25, -0.2) is 19.2 Å². The van der Waals surface area contributed by atoms with E-state index in [9.17, 15) is 22.7 Å². The smallest absolute Gasteiger partial charge is 0.348 e. The number of nitrogens with zero attached hydrogens (tertiary/aromatic N) is 2. The molecule has 7 aromatic rings. The van der Waals surface area contributed by atoms with Gasteiger partial charge in [-0.05, 0) is 112 Å². The number of benzene rings is 5. The van der Waals surface area contributed by atoms with Crippen LogP contribution in [-0.4, -0.2) is 67.1 Å². The second kappa shape index (κ2) is 22.3. The van der Waals surface area contributed by atoms with Crippen LogP contribution >= 0.6 is 34.5 Å². The van der Waals surface area contributed by atoms with Crippen molar-refractivity contribution < 1.29 is 50.6 Å². The normalized spacial score (nSPS) is 12.6. The van der Waals surface area contributed by atoms with E-state index < -0.39 is 46.3 Å². The minimum atomic E-state index is -4.20. The van der Waals surface area contributed by atoms with Gasteiger partial charge in [0.2, 0.25) is 12.0 Å². The van der Waals surface area contributed by atoms with Crippen molar-refractivity contribution in [1.29, 1.82) is 0 Å². The predicted octanol–water partition coefficient (Wildman–Crippen LogP) is 12.4. The number of aromatic nitrogens is 2. The molecule has 366 valence electrons. The van der Waals surface area contributed by atoms with Gasteiger partial charge in [0.05, 0.1) is 33.5 Å². The molecular weight excluding hydrogens is 979 g/mol. The third-order valence-corrected chi connectivity index (χ3v) is 14.1. The first kappa shape index (κ1) is 51.8. The number of fused-ring (bicyclic) bond motifs is 1. The van der Waals surface area contributed by atoms with E-state index in [1.807, 2.05) is 37.3 Å². The zero-order valence-electron chi connectivity index (χ0n) is 39.3. The van der Waals surface area contributed by atoms with Crippen LogP contribution in [0.3, 0.4) is 0 Å². The van der Waals surface area contributed by atoms with Gasteiger partial charge in [0.1, 0.15) is 53.4 Å². The number of phenolic OH excluding ortho intramolecular Hbond substituents is 1. The molecule has 0 radical (unpaired) electrons. The third-order valence-electron chi connectivity index (χ3n) is 10.8. The Hall–Kier alpha value is -6.07. The Morgan fingerprint density at radius 3 is 2.23 bits per heavy atom. The average molecular weight is 1030 g/mol. The maximum Gasteiger partial charge on any atom is 0.348 e. The minimum absolute atomic E-state index is 0.00474. The van der Waals surface area contributed by atoms with E-state index in [2.05, 4.69) is 16.5 Å². The molecule has 70 heavy (non-hydrogen) atoms. The highest BCUT2D eigenvalue weighted by molar-refractivity contribution is 7.86. The number of aromatic hydroxyl groups is 1. The Labute approximate surface area is 420 Å². The zero-order chi connectivity index (χ0) is 50.3. The van der Waals surface area contributed by atoms with Gasteiger partial charge in [-0.3, -0.25) is 4.18 Å². The van der Waals surface area contributed by atoms with Crippen LogP contribution in [0.4, 0.5) is 4.39 Å². The van der Waals surface area contributed by atoms with E-state index in [1.165, 1.54) is 60.1 Å². The first-order valence-corrected chi connectivity index (χ1v) is 25.0. The molecule has 12 nitrogen and oxygen atoms in total. The fourth-order valence-electron chi connectivity index (χ4n) is 7.44. The summed E-state index contributed by atoms with van der Waals surface area (Å²) in [5.74, 6) is -0.756. The number of carbonyl (C=O) groups is 1. The number of aryl methyl sites for hydroxylation is 1. The molecule has 2 unspecified atom stereocenters. The molecule has 2 atom stereocenters. The Balaban J connectivity index is 1.33. The van der Waals surface area contributed by atoms with E-state index in [0.717, 1.165) is 11.1 Å². The van der Waals surface area contributed by atoms with E-state index >= 15 is 0 Å². The summed E-state index contributed by atoms with van der Waals surface area (Å²) in [4.78, 5) is 24.5. The first-order valence-electron chi connectivity index (χ1n) is 22.0. The van der Waals surface area contributed by atoms with Crippen LogP contribution in [0.2, 0.25) is 10.0 Å². The zero-order valence-corrected chi connectivity index (χ0v) is 42.4. The van der Waals surface area contributed by atoms with Crippen molar-refractivity contribution in [2.24, 2.45) is 0 Å². The van der Waals surface area contributed by atoms with Crippen LogP contribution in [0.25, 0.3) is 31.8 Å². The number of hydrogen-bond acceptors (Lipinski definition) is 13. The molecule has 0 bridgehead atoms. The van der Waals surface area contributed by atoms with Gasteiger partial charge in [0.15, 0.2) is 5.75 Å². The molecule has 0 aliphatic carbocycles. The summed E-state index contributed by atoms with van der Waals surface area (Å²) in [6.07, 6.45) is 0.372. The van der Waals surface area contributed by atoms with Crippen molar-refractivity contribution in [2.45, 2.75) is 77.3 Å². The molecule has 7 rings (SSSR count).